The van der Waals surface area contributed by atoms with Crippen LogP contribution in [0.25, 0.3) is 10.1 Å². The number of amides is 1. The molecule has 0 atom stereocenters. The average molecular weight is 342 g/mol. The van der Waals surface area contributed by atoms with Crippen LogP contribution in [0.15, 0.2) is 22.7 Å². The molecule has 2 aromatic rings. The second kappa shape index (κ2) is 5.71. The highest BCUT2D eigenvalue weighted by Gasteiger charge is 2.20. The van der Waals surface area contributed by atoms with Crippen molar-refractivity contribution in [3.8, 4) is 0 Å². The molecule has 2 rings (SSSR count). The standard InChI is InChI=1S/C13H12BrNO3S/c1-3-18-13(17)11-9-5-4-8(14)6-10(9)19-12(11)15-7(2)16/h4-6H,3H2,1-2H3,(H,15,16). The lowest BCUT2D eigenvalue weighted by Gasteiger charge is -2.04. The van der Waals surface area contributed by atoms with Gasteiger partial charge in [-0.15, -0.1) is 11.3 Å². The molecule has 6 heteroatoms. The molecule has 4 nitrogen and oxygen atoms in total. The number of ether oxygens (including phenoxy) is 1. The summed E-state index contributed by atoms with van der Waals surface area (Å²) in [6, 6.07) is 5.61. The molecular formula is C13H12BrNO3S. The number of benzene rings is 1. The number of hydrogen-bond donors (Lipinski definition) is 1. The fourth-order valence-corrected chi connectivity index (χ4v) is 3.41. The van der Waals surface area contributed by atoms with Gasteiger partial charge in [-0.3, -0.25) is 4.79 Å². The van der Waals surface area contributed by atoms with Crippen molar-refractivity contribution in [2.75, 3.05) is 11.9 Å². The van der Waals surface area contributed by atoms with Crippen LogP contribution in [-0.4, -0.2) is 18.5 Å². The van der Waals surface area contributed by atoms with Crippen molar-refractivity contribution >= 4 is 54.2 Å². The number of halogens is 1. The average Bonchev–Trinajstić information content (AvgIpc) is 2.65. The van der Waals surface area contributed by atoms with Crippen molar-refractivity contribution in [2.24, 2.45) is 0 Å². The van der Waals surface area contributed by atoms with E-state index in [1.807, 2.05) is 18.2 Å². The third-order valence-electron chi connectivity index (χ3n) is 2.42. The molecule has 0 bridgehead atoms. The van der Waals surface area contributed by atoms with E-state index in [1.54, 1.807) is 6.92 Å². The Morgan fingerprint density at radius 1 is 1.42 bits per heavy atom. The van der Waals surface area contributed by atoms with Crippen molar-refractivity contribution in [2.45, 2.75) is 13.8 Å². The minimum absolute atomic E-state index is 0.212. The summed E-state index contributed by atoms with van der Waals surface area (Å²) in [5.74, 6) is -0.629. The molecule has 0 aliphatic heterocycles. The monoisotopic (exact) mass is 341 g/mol. The number of nitrogens with one attached hydrogen (secondary N) is 1. The number of anilines is 1. The molecule has 1 amide bonds. The van der Waals surface area contributed by atoms with Gasteiger partial charge in [0.15, 0.2) is 0 Å². The zero-order chi connectivity index (χ0) is 14.0. The first-order chi connectivity index (χ1) is 9.02. The Labute approximate surface area is 122 Å². The number of rotatable bonds is 3. The van der Waals surface area contributed by atoms with Gasteiger partial charge in [-0.25, -0.2) is 4.79 Å². The summed E-state index contributed by atoms with van der Waals surface area (Å²) in [7, 11) is 0. The summed E-state index contributed by atoms with van der Waals surface area (Å²) in [5.41, 5.74) is 0.421. The van der Waals surface area contributed by atoms with E-state index in [0.29, 0.717) is 17.2 Å². The molecule has 0 unspecified atom stereocenters. The minimum atomic E-state index is -0.417. The van der Waals surface area contributed by atoms with Crippen molar-refractivity contribution in [1.29, 1.82) is 0 Å². The van der Waals surface area contributed by atoms with Gasteiger partial charge in [-0.05, 0) is 19.1 Å². The third-order valence-corrected chi connectivity index (χ3v) is 3.98. The van der Waals surface area contributed by atoms with Gasteiger partial charge in [-0.1, -0.05) is 22.0 Å². The largest absolute Gasteiger partial charge is 0.462 e. The topological polar surface area (TPSA) is 55.4 Å². The van der Waals surface area contributed by atoms with E-state index in [9.17, 15) is 9.59 Å². The Balaban J connectivity index is 2.61. The Kier molecular flexibility index (Phi) is 4.21. The van der Waals surface area contributed by atoms with Gasteiger partial charge in [0.25, 0.3) is 0 Å². The Morgan fingerprint density at radius 2 is 2.16 bits per heavy atom. The Hall–Kier alpha value is -1.40. The van der Waals surface area contributed by atoms with Crippen LogP contribution in [0.2, 0.25) is 0 Å². The quantitative estimate of drug-likeness (QED) is 0.864. The van der Waals surface area contributed by atoms with E-state index in [-0.39, 0.29) is 5.91 Å². The number of hydrogen-bond acceptors (Lipinski definition) is 4. The number of carbonyl (C=O) groups excluding carboxylic acids is 2. The highest BCUT2D eigenvalue weighted by molar-refractivity contribution is 9.10. The lowest BCUT2D eigenvalue weighted by molar-refractivity contribution is -0.114. The molecule has 19 heavy (non-hydrogen) atoms. The summed E-state index contributed by atoms with van der Waals surface area (Å²) >= 11 is 4.75. The highest BCUT2D eigenvalue weighted by Crippen LogP contribution is 2.37. The van der Waals surface area contributed by atoms with E-state index >= 15 is 0 Å². The molecular weight excluding hydrogens is 330 g/mol. The second-order valence-corrected chi connectivity index (χ2v) is 5.82. The van der Waals surface area contributed by atoms with Gasteiger partial charge < -0.3 is 10.1 Å². The Bertz CT molecular complexity index is 651. The van der Waals surface area contributed by atoms with Crippen LogP contribution >= 0.6 is 27.3 Å². The van der Waals surface area contributed by atoms with Gasteiger partial charge in [0, 0.05) is 21.5 Å². The van der Waals surface area contributed by atoms with Gasteiger partial charge in [0.2, 0.25) is 5.91 Å². The zero-order valence-electron chi connectivity index (χ0n) is 10.5. The predicted octanol–water partition coefficient (Wildman–Crippen LogP) is 3.80. The summed E-state index contributed by atoms with van der Waals surface area (Å²) in [6.07, 6.45) is 0. The van der Waals surface area contributed by atoms with Gasteiger partial charge >= 0.3 is 5.97 Å². The maximum absolute atomic E-state index is 12.0. The van der Waals surface area contributed by atoms with E-state index in [2.05, 4.69) is 21.2 Å². The van der Waals surface area contributed by atoms with Gasteiger partial charge in [0.05, 0.1) is 6.61 Å². The minimum Gasteiger partial charge on any atom is -0.462 e. The summed E-state index contributed by atoms with van der Waals surface area (Å²) in [6.45, 7) is 3.46. The molecule has 0 radical (unpaired) electrons. The van der Waals surface area contributed by atoms with E-state index in [0.717, 1.165) is 14.6 Å². The highest BCUT2D eigenvalue weighted by atomic mass is 79.9. The Morgan fingerprint density at radius 3 is 2.79 bits per heavy atom. The molecule has 0 aliphatic carbocycles. The van der Waals surface area contributed by atoms with Crippen LogP contribution in [0.5, 0.6) is 0 Å². The molecule has 0 spiro atoms. The van der Waals surface area contributed by atoms with Crippen molar-refractivity contribution in [1.82, 2.24) is 0 Å². The molecule has 1 heterocycles. The van der Waals surface area contributed by atoms with Crippen LogP contribution in [-0.2, 0) is 9.53 Å². The van der Waals surface area contributed by atoms with Gasteiger partial charge in [0.1, 0.15) is 10.6 Å². The van der Waals surface area contributed by atoms with Crippen molar-refractivity contribution in [3.05, 3.63) is 28.2 Å². The van der Waals surface area contributed by atoms with Crippen LogP contribution in [0.3, 0.4) is 0 Å². The molecule has 1 N–H and O–H groups in total. The van der Waals surface area contributed by atoms with Crippen molar-refractivity contribution < 1.29 is 14.3 Å². The maximum atomic E-state index is 12.0. The molecule has 0 saturated carbocycles. The summed E-state index contributed by atoms with van der Waals surface area (Å²) in [5, 5.41) is 4.00. The molecule has 0 fully saturated rings. The lowest BCUT2D eigenvalue weighted by Crippen LogP contribution is -2.10. The number of fused-ring (bicyclic) bond motifs is 1. The van der Waals surface area contributed by atoms with Crippen LogP contribution < -0.4 is 5.32 Å². The second-order valence-electron chi connectivity index (χ2n) is 3.85. The molecule has 100 valence electrons. The van der Waals surface area contributed by atoms with E-state index in [4.69, 9.17) is 4.74 Å². The number of esters is 1. The predicted molar refractivity (Wildman–Crippen MR) is 79.8 cm³/mol. The maximum Gasteiger partial charge on any atom is 0.341 e. The smallest absolute Gasteiger partial charge is 0.341 e. The molecule has 1 aromatic heterocycles. The lowest BCUT2D eigenvalue weighted by atomic mass is 10.1. The molecule has 0 saturated heterocycles. The van der Waals surface area contributed by atoms with E-state index < -0.39 is 5.97 Å². The first-order valence-corrected chi connectivity index (χ1v) is 7.30. The van der Waals surface area contributed by atoms with Crippen molar-refractivity contribution in [3.63, 3.8) is 0 Å². The SMILES string of the molecule is CCOC(=O)c1c(NC(C)=O)sc2cc(Br)ccc12. The van der Waals surface area contributed by atoms with Crippen LogP contribution in [0, 0.1) is 0 Å². The normalized spacial score (nSPS) is 10.5. The van der Waals surface area contributed by atoms with Gasteiger partial charge in [-0.2, -0.15) is 0 Å². The first-order valence-electron chi connectivity index (χ1n) is 5.69. The molecule has 0 aliphatic rings. The number of carbonyl (C=O) groups is 2. The third kappa shape index (κ3) is 2.96. The zero-order valence-corrected chi connectivity index (χ0v) is 12.9. The van der Waals surface area contributed by atoms with Crippen LogP contribution in [0.1, 0.15) is 24.2 Å². The summed E-state index contributed by atoms with van der Waals surface area (Å²) in [4.78, 5) is 23.3. The van der Waals surface area contributed by atoms with E-state index in [1.165, 1.54) is 18.3 Å². The fraction of sp³-hybridized carbons (Fsp3) is 0.231. The summed E-state index contributed by atoms with van der Waals surface area (Å²) < 4.78 is 6.89. The van der Waals surface area contributed by atoms with Crippen LogP contribution in [0.4, 0.5) is 5.00 Å². The fourth-order valence-electron chi connectivity index (χ4n) is 1.72. The first kappa shape index (κ1) is 14.0. The molecule has 1 aromatic carbocycles. The number of thiophene rings is 1.